The Balaban J connectivity index is 2.39. The summed E-state index contributed by atoms with van der Waals surface area (Å²) in [5.74, 6) is 0.433. The topological polar surface area (TPSA) is 49.8 Å². The Morgan fingerprint density at radius 3 is 2.75 bits per heavy atom. The first-order valence-electron chi connectivity index (χ1n) is 6.89. The molecule has 1 amide bonds. The maximum absolute atomic E-state index is 12.3. The number of H-pyrrole nitrogens is 1. The van der Waals surface area contributed by atoms with Crippen LogP contribution in [0.3, 0.4) is 0 Å². The maximum Gasteiger partial charge on any atom is 0.242 e. The molecule has 1 unspecified atom stereocenters. The molecule has 0 fully saturated rings. The molecule has 108 valence electrons. The highest BCUT2D eigenvalue weighted by atomic mass is 32.1. The number of carbonyl (C=O) groups excluding carboxylic acids is 1. The lowest BCUT2D eigenvalue weighted by atomic mass is 10.2. The number of carbonyl (C=O) groups is 1. The van der Waals surface area contributed by atoms with Gasteiger partial charge in [-0.2, -0.15) is 0 Å². The number of aryl methyl sites for hydroxylation is 1. The van der Waals surface area contributed by atoms with Crippen LogP contribution < -0.4 is 5.32 Å². The van der Waals surface area contributed by atoms with Crippen molar-refractivity contribution in [1.82, 2.24) is 14.9 Å². The van der Waals surface area contributed by atoms with Crippen LogP contribution in [0.4, 0.5) is 0 Å². The molecular weight excluding hydrogens is 270 g/mol. The monoisotopic (exact) mass is 291 g/mol. The van der Waals surface area contributed by atoms with Crippen molar-refractivity contribution in [2.75, 3.05) is 6.54 Å². The zero-order valence-electron chi connectivity index (χ0n) is 12.4. The van der Waals surface area contributed by atoms with Gasteiger partial charge in [0.2, 0.25) is 5.91 Å². The molecule has 0 radical (unpaired) electrons. The second-order valence-corrected chi connectivity index (χ2v) is 5.97. The minimum Gasteiger partial charge on any atom is -0.354 e. The number of aromatic nitrogens is 2. The molecule has 4 nitrogen and oxygen atoms in total. The number of hydrogen-bond donors (Lipinski definition) is 2. The van der Waals surface area contributed by atoms with Crippen molar-refractivity contribution in [1.29, 1.82) is 0 Å². The van der Waals surface area contributed by atoms with Gasteiger partial charge in [-0.25, -0.2) is 0 Å². The molecule has 1 aromatic carbocycles. The van der Waals surface area contributed by atoms with Crippen molar-refractivity contribution < 1.29 is 4.79 Å². The van der Waals surface area contributed by atoms with Crippen molar-refractivity contribution in [2.24, 2.45) is 5.92 Å². The van der Waals surface area contributed by atoms with Gasteiger partial charge in [0.25, 0.3) is 0 Å². The van der Waals surface area contributed by atoms with Crippen LogP contribution in [0.5, 0.6) is 0 Å². The van der Waals surface area contributed by atoms with Gasteiger partial charge in [-0.15, -0.1) is 0 Å². The third-order valence-electron chi connectivity index (χ3n) is 3.39. The van der Waals surface area contributed by atoms with Crippen LogP contribution in [0.15, 0.2) is 18.2 Å². The van der Waals surface area contributed by atoms with Gasteiger partial charge in [-0.3, -0.25) is 4.79 Å². The van der Waals surface area contributed by atoms with Crippen molar-refractivity contribution >= 4 is 29.2 Å². The summed E-state index contributed by atoms with van der Waals surface area (Å²) in [7, 11) is 0. The molecule has 2 N–H and O–H groups in total. The van der Waals surface area contributed by atoms with Gasteiger partial charge in [-0.1, -0.05) is 26.0 Å². The van der Waals surface area contributed by atoms with Gasteiger partial charge in [0.15, 0.2) is 4.77 Å². The van der Waals surface area contributed by atoms with Crippen LogP contribution in [-0.2, 0) is 4.79 Å². The molecule has 2 aromatic rings. The number of imidazole rings is 1. The van der Waals surface area contributed by atoms with Crippen LogP contribution in [0.2, 0.25) is 0 Å². The minimum absolute atomic E-state index is 0.000969. The molecule has 1 atom stereocenters. The number of hydrogen-bond acceptors (Lipinski definition) is 2. The number of nitrogens with one attached hydrogen (secondary N) is 2. The summed E-state index contributed by atoms with van der Waals surface area (Å²) in [6.45, 7) is 8.74. The SMILES string of the molecule is Cc1cccc2[nH]c(=S)n(C(C)C(=O)NCC(C)C)c12. The first kappa shape index (κ1) is 14.8. The van der Waals surface area contributed by atoms with E-state index in [0.29, 0.717) is 17.2 Å². The number of nitrogens with zero attached hydrogens (tertiary/aromatic N) is 1. The predicted octanol–water partition coefficient (Wildman–Crippen LogP) is 3.34. The summed E-state index contributed by atoms with van der Waals surface area (Å²) >= 11 is 5.37. The van der Waals surface area contributed by atoms with Gasteiger partial charge >= 0.3 is 0 Å². The van der Waals surface area contributed by atoms with E-state index in [2.05, 4.69) is 24.1 Å². The van der Waals surface area contributed by atoms with E-state index < -0.39 is 0 Å². The molecule has 20 heavy (non-hydrogen) atoms. The van der Waals surface area contributed by atoms with Gasteiger partial charge in [0.05, 0.1) is 11.0 Å². The van der Waals surface area contributed by atoms with E-state index in [9.17, 15) is 4.79 Å². The lowest BCUT2D eigenvalue weighted by Crippen LogP contribution is -2.33. The standard InChI is InChI=1S/C15H21N3OS/c1-9(2)8-16-14(19)11(4)18-13-10(3)6-5-7-12(13)17-15(18)20/h5-7,9,11H,8H2,1-4H3,(H,16,19)(H,17,20). The first-order valence-corrected chi connectivity index (χ1v) is 7.30. The number of aromatic amines is 1. The summed E-state index contributed by atoms with van der Waals surface area (Å²) in [6.07, 6.45) is 0. The smallest absolute Gasteiger partial charge is 0.242 e. The predicted molar refractivity (Wildman–Crippen MR) is 84.4 cm³/mol. The van der Waals surface area contributed by atoms with E-state index in [1.807, 2.05) is 36.6 Å². The van der Waals surface area contributed by atoms with Crippen molar-refractivity contribution in [3.05, 3.63) is 28.5 Å². The maximum atomic E-state index is 12.3. The highest BCUT2D eigenvalue weighted by Crippen LogP contribution is 2.22. The third kappa shape index (κ3) is 2.77. The fraction of sp³-hybridized carbons (Fsp3) is 0.467. The lowest BCUT2D eigenvalue weighted by Gasteiger charge is -2.16. The average molecular weight is 291 g/mol. The molecule has 0 aliphatic rings. The Hall–Kier alpha value is -1.62. The van der Waals surface area contributed by atoms with E-state index >= 15 is 0 Å². The highest BCUT2D eigenvalue weighted by molar-refractivity contribution is 7.71. The van der Waals surface area contributed by atoms with Crippen LogP contribution in [-0.4, -0.2) is 22.0 Å². The Bertz CT molecular complexity index is 684. The van der Waals surface area contributed by atoms with E-state index in [1.54, 1.807) is 0 Å². The molecule has 0 aliphatic heterocycles. The number of rotatable bonds is 4. The summed E-state index contributed by atoms with van der Waals surface area (Å²) < 4.78 is 2.48. The summed E-state index contributed by atoms with van der Waals surface area (Å²) in [6, 6.07) is 5.67. The number of para-hydroxylation sites is 1. The number of benzene rings is 1. The average Bonchev–Trinajstić information content (AvgIpc) is 2.72. The molecule has 5 heteroatoms. The van der Waals surface area contributed by atoms with Crippen molar-refractivity contribution in [3.8, 4) is 0 Å². The Kier molecular flexibility index (Phi) is 4.28. The minimum atomic E-state index is -0.323. The van der Waals surface area contributed by atoms with Crippen molar-refractivity contribution in [3.63, 3.8) is 0 Å². The molecule has 0 bridgehead atoms. The summed E-state index contributed by atoms with van der Waals surface area (Å²) in [4.78, 5) is 15.4. The fourth-order valence-electron chi connectivity index (χ4n) is 2.30. The molecule has 0 spiro atoms. The fourth-order valence-corrected chi connectivity index (χ4v) is 2.66. The zero-order valence-corrected chi connectivity index (χ0v) is 13.2. The van der Waals surface area contributed by atoms with Gasteiger partial charge < -0.3 is 14.9 Å². The second kappa shape index (κ2) is 5.79. The largest absolute Gasteiger partial charge is 0.354 e. The molecule has 2 rings (SSSR count). The van der Waals surface area contributed by atoms with Crippen LogP contribution >= 0.6 is 12.2 Å². The van der Waals surface area contributed by atoms with Crippen LogP contribution in [0, 0.1) is 17.6 Å². The van der Waals surface area contributed by atoms with Gasteiger partial charge in [0, 0.05) is 6.54 Å². The lowest BCUT2D eigenvalue weighted by molar-refractivity contribution is -0.123. The molecular formula is C15H21N3OS. The van der Waals surface area contributed by atoms with Gasteiger partial charge in [0.1, 0.15) is 6.04 Å². The Morgan fingerprint density at radius 1 is 1.40 bits per heavy atom. The van der Waals surface area contributed by atoms with E-state index in [1.165, 1.54) is 0 Å². The van der Waals surface area contributed by atoms with Crippen LogP contribution in [0.1, 0.15) is 32.4 Å². The third-order valence-corrected chi connectivity index (χ3v) is 3.69. The molecule has 1 heterocycles. The Morgan fingerprint density at radius 2 is 2.10 bits per heavy atom. The molecule has 0 saturated carbocycles. The van der Waals surface area contributed by atoms with Crippen LogP contribution in [0.25, 0.3) is 11.0 Å². The van der Waals surface area contributed by atoms with E-state index in [0.717, 1.165) is 16.6 Å². The summed E-state index contributed by atoms with van der Waals surface area (Å²) in [5, 5.41) is 2.96. The second-order valence-electron chi connectivity index (χ2n) is 5.59. The quantitative estimate of drug-likeness (QED) is 0.849. The highest BCUT2D eigenvalue weighted by Gasteiger charge is 2.19. The molecule has 0 aliphatic carbocycles. The summed E-state index contributed by atoms with van der Waals surface area (Å²) in [5.41, 5.74) is 3.08. The van der Waals surface area contributed by atoms with E-state index in [4.69, 9.17) is 12.2 Å². The van der Waals surface area contributed by atoms with E-state index in [-0.39, 0.29) is 11.9 Å². The number of fused-ring (bicyclic) bond motifs is 1. The normalized spacial score (nSPS) is 12.8. The first-order chi connectivity index (χ1) is 9.41. The molecule has 1 aromatic heterocycles. The zero-order chi connectivity index (χ0) is 14.9. The van der Waals surface area contributed by atoms with Gasteiger partial charge in [-0.05, 0) is 43.6 Å². The van der Waals surface area contributed by atoms with Crippen molar-refractivity contribution in [2.45, 2.75) is 33.7 Å². The molecule has 0 saturated heterocycles. The Labute approximate surface area is 124 Å². The number of amides is 1.